The average Bonchev–Trinajstić information content (AvgIpc) is 3.35. The Bertz CT molecular complexity index is 1100. The van der Waals surface area contributed by atoms with Crippen molar-refractivity contribution in [3.05, 3.63) is 46.6 Å². The van der Waals surface area contributed by atoms with Crippen LogP contribution >= 0.6 is 11.3 Å². The second-order valence-electron chi connectivity index (χ2n) is 7.05. The Kier molecular flexibility index (Phi) is 5.41. The number of sulfonamides is 1. The lowest BCUT2D eigenvalue weighted by Gasteiger charge is -2.34. The van der Waals surface area contributed by atoms with Crippen molar-refractivity contribution in [3.63, 3.8) is 0 Å². The van der Waals surface area contributed by atoms with Crippen molar-refractivity contribution in [2.75, 3.05) is 31.1 Å². The number of hydrogen-bond acceptors (Lipinski definition) is 7. The highest BCUT2D eigenvalue weighted by Gasteiger charge is 2.30. The molecule has 0 atom stereocenters. The lowest BCUT2D eigenvalue weighted by atomic mass is 10.3. The summed E-state index contributed by atoms with van der Waals surface area (Å²) in [6.45, 7) is 7.98. The van der Waals surface area contributed by atoms with Crippen LogP contribution in [0.4, 0.5) is 5.82 Å². The van der Waals surface area contributed by atoms with Crippen molar-refractivity contribution in [2.45, 2.75) is 31.4 Å². The Morgan fingerprint density at radius 3 is 2.24 bits per heavy atom. The fourth-order valence-corrected chi connectivity index (χ4v) is 6.30. The molecule has 1 aliphatic rings. The molecule has 0 spiro atoms. The van der Waals surface area contributed by atoms with Gasteiger partial charge in [-0.2, -0.15) is 9.40 Å². The van der Waals surface area contributed by atoms with E-state index in [1.54, 1.807) is 15.1 Å². The summed E-state index contributed by atoms with van der Waals surface area (Å²) >= 11 is 1.36. The molecule has 4 rings (SSSR count). The van der Waals surface area contributed by atoms with Gasteiger partial charge in [-0.25, -0.2) is 13.1 Å². The largest absolute Gasteiger partial charge is 0.352 e. The summed E-state index contributed by atoms with van der Waals surface area (Å²) in [5.74, 6) is 1.42. The molecule has 154 valence electrons. The summed E-state index contributed by atoms with van der Waals surface area (Å²) in [4.78, 5) is 3.15. The topological polar surface area (TPSA) is 84.2 Å². The molecule has 0 unspecified atom stereocenters. The van der Waals surface area contributed by atoms with E-state index in [-0.39, 0.29) is 0 Å². The highest BCUT2D eigenvalue weighted by molar-refractivity contribution is 7.91. The summed E-state index contributed by atoms with van der Waals surface area (Å²) in [7, 11) is -3.42. The van der Waals surface area contributed by atoms with Gasteiger partial charge in [0, 0.05) is 36.8 Å². The Morgan fingerprint density at radius 1 is 1.00 bits per heavy atom. The number of rotatable bonds is 5. The molecular formula is C19H24N6O2S2. The minimum absolute atomic E-state index is 0.428. The average molecular weight is 433 g/mol. The van der Waals surface area contributed by atoms with Crippen LogP contribution in [0.1, 0.15) is 23.2 Å². The van der Waals surface area contributed by atoms with Crippen LogP contribution in [0.15, 0.2) is 34.5 Å². The third-order valence-corrected chi connectivity index (χ3v) is 8.60. The standard InChI is InChI=1S/C19H24N6O2S2/c1-4-16-5-8-19(28-16)29(26,27)24-11-9-23(10-12-24)17-6-7-18(21-20-17)25-15(3)13-14(2)22-25/h5-8,13H,4,9-12H2,1-3H3. The molecule has 4 heterocycles. The molecule has 10 heteroatoms. The van der Waals surface area contributed by atoms with E-state index in [0.717, 1.165) is 28.5 Å². The molecule has 1 fully saturated rings. The van der Waals surface area contributed by atoms with Crippen LogP contribution in [0.25, 0.3) is 5.82 Å². The molecule has 0 aliphatic carbocycles. The van der Waals surface area contributed by atoms with E-state index in [0.29, 0.717) is 36.2 Å². The zero-order chi connectivity index (χ0) is 20.6. The maximum absolute atomic E-state index is 12.9. The second-order valence-corrected chi connectivity index (χ2v) is 10.4. The first kappa shape index (κ1) is 20.0. The molecule has 1 saturated heterocycles. The van der Waals surface area contributed by atoms with Crippen molar-refractivity contribution in [1.29, 1.82) is 0 Å². The van der Waals surface area contributed by atoms with Gasteiger partial charge in [-0.1, -0.05) is 6.92 Å². The van der Waals surface area contributed by atoms with Gasteiger partial charge < -0.3 is 4.90 Å². The zero-order valence-corrected chi connectivity index (χ0v) is 18.4. The number of aromatic nitrogens is 4. The SMILES string of the molecule is CCc1ccc(S(=O)(=O)N2CCN(c3ccc(-n4nc(C)cc4C)nn3)CC2)s1. The maximum Gasteiger partial charge on any atom is 0.252 e. The molecular weight excluding hydrogens is 408 g/mol. The predicted octanol–water partition coefficient (Wildman–Crippen LogP) is 2.41. The van der Waals surface area contributed by atoms with Gasteiger partial charge in [-0.05, 0) is 50.6 Å². The van der Waals surface area contributed by atoms with Gasteiger partial charge in [0.05, 0.1) is 5.69 Å². The Morgan fingerprint density at radius 2 is 1.69 bits per heavy atom. The van der Waals surface area contributed by atoms with E-state index >= 15 is 0 Å². The van der Waals surface area contributed by atoms with Crippen LogP contribution in [0.2, 0.25) is 0 Å². The quantitative estimate of drug-likeness (QED) is 0.616. The van der Waals surface area contributed by atoms with Gasteiger partial charge in [-0.15, -0.1) is 21.5 Å². The van der Waals surface area contributed by atoms with E-state index < -0.39 is 10.0 Å². The monoisotopic (exact) mass is 432 g/mol. The first-order valence-corrected chi connectivity index (χ1v) is 11.9. The van der Waals surface area contributed by atoms with Crippen LogP contribution < -0.4 is 4.90 Å². The summed E-state index contributed by atoms with van der Waals surface area (Å²) in [5.41, 5.74) is 1.94. The maximum atomic E-state index is 12.9. The molecule has 0 aromatic carbocycles. The van der Waals surface area contributed by atoms with Gasteiger partial charge >= 0.3 is 0 Å². The minimum Gasteiger partial charge on any atom is -0.352 e. The fraction of sp³-hybridized carbons (Fsp3) is 0.421. The third kappa shape index (κ3) is 3.92. The van der Waals surface area contributed by atoms with E-state index in [4.69, 9.17) is 0 Å². The number of anilines is 1. The highest BCUT2D eigenvalue weighted by Crippen LogP contribution is 2.26. The number of thiophene rings is 1. The first-order valence-electron chi connectivity index (χ1n) is 9.59. The van der Waals surface area contributed by atoms with Crippen molar-refractivity contribution in [2.24, 2.45) is 0 Å². The molecule has 0 amide bonds. The first-order chi connectivity index (χ1) is 13.9. The zero-order valence-electron chi connectivity index (χ0n) is 16.7. The van der Waals surface area contributed by atoms with Crippen LogP contribution in [-0.4, -0.2) is 58.9 Å². The van der Waals surface area contributed by atoms with Crippen LogP contribution in [0.5, 0.6) is 0 Å². The van der Waals surface area contributed by atoms with Crippen LogP contribution in [0, 0.1) is 13.8 Å². The van der Waals surface area contributed by atoms with E-state index in [1.807, 2.05) is 45.0 Å². The van der Waals surface area contributed by atoms with Crippen molar-refractivity contribution in [3.8, 4) is 5.82 Å². The number of hydrogen-bond donors (Lipinski definition) is 0. The minimum atomic E-state index is -3.42. The molecule has 3 aromatic rings. The van der Waals surface area contributed by atoms with Crippen LogP contribution in [-0.2, 0) is 16.4 Å². The molecule has 3 aromatic heterocycles. The van der Waals surface area contributed by atoms with E-state index in [1.165, 1.54) is 11.3 Å². The molecule has 0 bridgehead atoms. The van der Waals surface area contributed by atoms with Gasteiger partial charge in [-0.3, -0.25) is 0 Å². The lowest BCUT2D eigenvalue weighted by molar-refractivity contribution is 0.384. The second kappa shape index (κ2) is 7.85. The van der Waals surface area contributed by atoms with Gasteiger partial charge in [0.1, 0.15) is 4.21 Å². The number of piperazine rings is 1. The van der Waals surface area contributed by atoms with Gasteiger partial charge in [0.25, 0.3) is 10.0 Å². The van der Waals surface area contributed by atoms with E-state index in [9.17, 15) is 8.42 Å². The number of nitrogens with zero attached hydrogens (tertiary/aromatic N) is 6. The predicted molar refractivity (Wildman–Crippen MR) is 113 cm³/mol. The molecule has 0 radical (unpaired) electrons. The molecule has 1 aliphatic heterocycles. The smallest absolute Gasteiger partial charge is 0.252 e. The molecule has 0 N–H and O–H groups in total. The third-order valence-electron chi connectivity index (χ3n) is 5.01. The van der Waals surface area contributed by atoms with Crippen molar-refractivity contribution >= 4 is 27.2 Å². The highest BCUT2D eigenvalue weighted by atomic mass is 32.2. The fourth-order valence-electron chi connectivity index (χ4n) is 3.43. The van der Waals surface area contributed by atoms with Gasteiger partial charge in [0.2, 0.25) is 0 Å². The molecule has 8 nitrogen and oxygen atoms in total. The summed E-state index contributed by atoms with van der Waals surface area (Å²) in [6.07, 6.45) is 0.847. The normalized spacial score (nSPS) is 15.8. The molecule has 0 saturated carbocycles. The van der Waals surface area contributed by atoms with Crippen molar-refractivity contribution in [1.82, 2.24) is 24.3 Å². The Hall–Kier alpha value is -2.30. The van der Waals surface area contributed by atoms with E-state index in [2.05, 4.69) is 20.2 Å². The Labute approximate surface area is 174 Å². The van der Waals surface area contributed by atoms with Gasteiger partial charge in [0.15, 0.2) is 11.6 Å². The number of aryl methyl sites for hydroxylation is 3. The summed E-state index contributed by atoms with van der Waals surface area (Å²) in [5, 5.41) is 13.1. The lowest BCUT2D eigenvalue weighted by Crippen LogP contribution is -2.48. The Balaban J connectivity index is 1.43. The summed E-state index contributed by atoms with van der Waals surface area (Å²) < 4.78 is 29.5. The molecule has 29 heavy (non-hydrogen) atoms. The van der Waals surface area contributed by atoms with Crippen LogP contribution in [0.3, 0.4) is 0 Å². The summed E-state index contributed by atoms with van der Waals surface area (Å²) in [6, 6.07) is 9.41. The van der Waals surface area contributed by atoms with Crippen molar-refractivity contribution < 1.29 is 8.42 Å².